The second-order valence-corrected chi connectivity index (χ2v) is 4.35. The Labute approximate surface area is 77.5 Å². The molecule has 0 radical (unpaired) electrons. The molecule has 1 saturated carbocycles. The van der Waals surface area contributed by atoms with Crippen LogP contribution in [0.15, 0.2) is 0 Å². The number of carbonyl (C=O) groups is 1. The Morgan fingerprint density at radius 2 is 2.00 bits per heavy atom. The average Bonchev–Trinajstić information content (AvgIpc) is 2.63. The molecule has 0 atom stereocenters. The van der Waals surface area contributed by atoms with E-state index in [0.29, 0.717) is 12.8 Å². The number of hydrogen-bond acceptors (Lipinski definition) is 2. The molecule has 0 bridgehead atoms. The normalized spacial score (nSPS) is 19.9. The van der Waals surface area contributed by atoms with Gasteiger partial charge in [0.25, 0.3) is 0 Å². The highest BCUT2D eigenvalue weighted by molar-refractivity contribution is 8.00. The minimum Gasteiger partial charge on any atom is -0.481 e. The summed E-state index contributed by atoms with van der Waals surface area (Å²) in [5.41, 5.74) is -4.82. The summed E-state index contributed by atoms with van der Waals surface area (Å²) in [6, 6.07) is 0. The lowest BCUT2D eigenvalue weighted by molar-refractivity contribution is -0.138. The second kappa shape index (κ2) is 3.40. The van der Waals surface area contributed by atoms with Crippen molar-refractivity contribution >= 4 is 17.7 Å². The zero-order valence-corrected chi connectivity index (χ0v) is 7.54. The predicted octanol–water partition coefficient (Wildman–Crippen LogP) is 2.49. The molecule has 0 aromatic rings. The van der Waals surface area contributed by atoms with Crippen molar-refractivity contribution in [3.05, 3.63) is 0 Å². The molecular weight excluding hydrogens is 205 g/mol. The molecule has 1 aliphatic rings. The van der Waals surface area contributed by atoms with E-state index in [-0.39, 0.29) is 23.9 Å². The third-order valence-corrected chi connectivity index (χ3v) is 3.11. The van der Waals surface area contributed by atoms with E-state index in [4.69, 9.17) is 5.11 Å². The van der Waals surface area contributed by atoms with Gasteiger partial charge in [0.1, 0.15) is 0 Å². The number of hydrogen-bond donors (Lipinski definition) is 1. The van der Waals surface area contributed by atoms with Crippen LogP contribution in [0.1, 0.15) is 19.3 Å². The van der Waals surface area contributed by atoms with Gasteiger partial charge in [-0.2, -0.15) is 13.2 Å². The molecule has 76 valence electrons. The van der Waals surface area contributed by atoms with Crippen LogP contribution in [0.4, 0.5) is 13.2 Å². The van der Waals surface area contributed by atoms with Crippen molar-refractivity contribution in [2.45, 2.75) is 24.8 Å². The molecule has 2 nitrogen and oxygen atoms in total. The van der Waals surface area contributed by atoms with Crippen LogP contribution in [0.3, 0.4) is 0 Å². The fourth-order valence-corrected chi connectivity index (χ4v) is 1.97. The van der Waals surface area contributed by atoms with Crippen LogP contribution in [0, 0.1) is 5.41 Å². The Morgan fingerprint density at radius 1 is 1.46 bits per heavy atom. The van der Waals surface area contributed by atoms with Crippen LogP contribution < -0.4 is 0 Å². The minimum atomic E-state index is -4.24. The third kappa shape index (κ3) is 3.89. The van der Waals surface area contributed by atoms with Crippen molar-refractivity contribution in [3.63, 3.8) is 0 Å². The Morgan fingerprint density at radius 3 is 2.31 bits per heavy atom. The SMILES string of the molecule is O=C(O)CC1(CSC(F)(F)F)CC1. The second-order valence-electron chi connectivity index (χ2n) is 3.30. The van der Waals surface area contributed by atoms with E-state index in [9.17, 15) is 18.0 Å². The molecule has 13 heavy (non-hydrogen) atoms. The standard InChI is InChI=1S/C7H9F3O2S/c8-7(9,10)13-4-6(1-2-6)3-5(11)12/h1-4H2,(H,11,12). The van der Waals surface area contributed by atoms with E-state index in [2.05, 4.69) is 0 Å². The quantitative estimate of drug-likeness (QED) is 0.781. The fraction of sp³-hybridized carbons (Fsp3) is 0.857. The maximum Gasteiger partial charge on any atom is 0.441 e. The number of halogens is 3. The first-order valence-corrected chi connectivity index (χ1v) is 4.74. The van der Waals surface area contributed by atoms with Crippen LogP contribution in [-0.4, -0.2) is 22.3 Å². The van der Waals surface area contributed by atoms with Gasteiger partial charge in [-0.15, -0.1) is 0 Å². The molecule has 0 unspecified atom stereocenters. The lowest BCUT2D eigenvalue weighted by Gasteiger charge is -2.12. The Kier molecular flexibility index (Phi) is 2.79. The first-order valence-electron chi connectivity index (χ1n) is 3.76. The van der Waals surface area contributed by atoms with E-state index in [0.717, 1.165) is 0 Å². The van der Waals surface area contributed by atoms with Gasteiger partial charge in [-0.1, -0.05) is 11.8 Å². The van der Waals surface area contributed by atoms with E-state index < -0.39 is 16.9 Å². The van der Waals surface area contributed by atoms with Gasteiger partial charge < -0.3 is 5.11 Å². The summed E-state index contributed by atoms with van der Waals surface area (Å²) in [7, 11) is 0. The molecule has 0 aliphatic heterocycles. The van der Waals surface area contributed by atoms with Gasteiger partial charge in [-0.25, -0.2) is 0 Å². The molecule has 1 N–H and O–H groups in total. The lowest BCUT2D eigenvalue weighted by Crippen LogP contribution is -2.14. The first kappa shape index (κ1) is 10.7. The van der Waals surface area contributed by atoms with Gasteiger partial charge >= 0.3 is 11.5 Å². The first-order chi connectivity index (χ1) is 5.83. The number of carboxylic acid groups (broad SMARTS) is 1. The van der Waals surface area contributed by atoms with Crippen molar-refractivity contribution in [1.29, 1.82) is 0 Å². The Hall–Kier alpha value is -0.390. The Balaban J connectivity index is 2.32. The number of thioether (sulfide) groups is 1. The third-order valence-electron chi connectivity index (χ3n) is 2.03. The minimum absolute atomic E-state index is 0.118. The molecule has 0 aromatic carbocycles. The molecule has 1 fully saturated rings. The van der Waals surface area contributed by atoms with Gasteiger partial charge in [0.15, 0.2) is 0 Å². The summed E-state index contributed by atoms with van der Waals surface area (Å²) in [5.74, 6) is -1.14. The van der Waals surface area contributed by atoms with Gasteiger partial charge in [0, 0.05) is 5.75 Å². The monoisotopic (exact) mass is 214 g/mol. The predicted molar refractivity (Wildman–Crippen MR) is 42.4 cm³/mol. The molecule has 0 saturated heterocycles. The largest absolute Gasteiger partial charge is 0.481 e. The average molecular weight is 214 g/mol. The number of aliphatic carboxylic acids is 1. The van der Waals surface area contributed by atoms with Crippen molar-refractivity contribution in [1.82, 2.24) is 0 Å². The summed E-state index contributed by atoms with van der Waals surface area (Å²) in [5, 5.41) is 8.43. The number of alkyl halides is 3. The van der Waals surface area contributed by atoms with Crippen LogP contribution >= 0.6 is 11.8 Å². The van der Waals surface area contributed by atoms with Crippen molar-refractivity contribution in [2.24, 2.45) is 5.41 Å². The zero-order valence-electron chi connectivity index (χ0n) is 6.73. The van der Waals surface area contributed by atoms with Crippen molar-refractivity contribution < 1.29 is 23.1 Å². The maximum absolute atomic E-state index is 11.8. The molecule has 1 aliphatic carbocycles. The molecule has 0 spiro atoms. The van der Waals surface area contributed by atoms with E-state index in [1.165, 1.54) is 0 Å². The smallest absolute Gasteiger partial charge is 0.441 e. The molecule has 0 aromatic heterocycles. The number of rotatable bonds is 4. The van der Waals surface area contributed by atoms with Gasteiger partial charge in [-0.3, -0.25) is 4.79 Å². The lowest BCUT2D eigenvalue weighted by atomic mass is 10.1. The molecular formula is C7H9F3O2S. The van der Waals surface area contributed by atoms with Crippen LogP contribution in [0.5, 0.6) is 0 Å². The van der Waals surface area contributed by atoms with Gasteiger partial charge in [-0.05, 0) is 18.3 Å². The summed E-state index contributed by atoms with van der Waals surface area (Å²) < 4.78 is 35.3. The van der Waals surface area contributed by atoms with Crippen LogP contribution in [0.2, 0.25) is 0 Å². The maximum atomic E-state index is 11.8. The molecule has 1 rings (SSSR count). The highest BCUT2D eigenvalue weighted by Gasteiger charge is 2.47. The van der Waals surface area contributed by atoms with Crippen molar-refractivity contribution in [3.8, 4) is 0 Å². The number of carboxylic acids is 1. The Bertz CT molecular complexity index is 210. The van der Waals surface area contributed by atoms with Crippen LogP contribution in [0.25, 0.3) is 0 Å². The topological polar surface area (TPSA) is 37.3 Å². The van der Waals surface area contributed by atoms with E-state index >= 15 is 0 Å². The highest BCUT2D eigenvalue weighted by Crippen LogP contribution is 2.53. The summed E-state index contributed by atoms with van der Waals surface area (Å²) >= 11 is -0.118. The van der Waals surface area contributed by atoms with Crippen LogP contribution in [-0.2, 0) is 4.79 Å². The highest BCUT2D eigenvalue weighted by atomic mass is 32.2. The summed E-state index contributed by atoms with van der Waals surface area (Å²) in [6.07, 6.45) is 1.06. The zero-order chi connectivity index (χ0) is 10.1. The fourth-order valence-electron chi connectivity index (χ4n) is 1.10. The summed E-state index contributed by atoms with van der Waals surface area (Å²) in [4.78, 5) is 10.3. The molecule has 0 amide bonds. The van der Waals surface area contributed by atoms with Crippen molar-refractivity contribution in [2.75, 3.05) is 5.75 Å². The van der Waals surface area contributed by atoms with E-state index in [1.807, 2.05) is 0 Å². The van der Waals surface area contributed by atoms with Gasteiger partial charge in [0.2, 0.25) is 0 Å². The molecule has 0 heterocycles. The van der Waals surface area contributed by atoms with E-state index in [1.54, 1.807) is 0 Å². The van der Waals surface area contributed by atoms with Gasteiger partial charge in [0.05, 0.1) is 6.42 Å². The molecule has 6 heteroatoms. The summed E-state index contributed by atoms with van der Waals surface area (Å²) in [6.45, 7) is 0.